The van der Waals surface area contributed by atoms with Gasteiger partial charge in [-0.3, -0.25) is 9.78 Å². The van der Waals surface area contributed by atoms with Gasteiger partial charge in [-0.05, 0) is 36.6 Å². The molecule has 0 aliphatic carbocycles. The van der Waals surface area contributed by atoms with Gasteiger partial charge < -0.3 is 10.4 Å². The van der Waals surface area contributed by atoms with Crippen LogP contribution < -0.4 is 5.32 Å². The number of aliphatic hydroxyl groups excluding tert-OH is 1. The molecule has 0 saturated heterocycles. The summed E-state index contributed by atoms with van der Waals surface area (Å²) >= 11 is 6.35. The number of rotatable bonds is 10. The third-order valence-corrected chi connectivity index (χ3v) is 6.66. The average Bonchev–Trinajstić information content (AvgIpc) is 2.90. The highest BCUT2D eigenvalue weighted by Gasteiger charge is 2.37. The Morgan fingerprint density at radius 1 is 0.921 bits per heavy atom. The first-order valence-corrected chi connectivity index (χ1v) is 12.6. The molecule has 2 N–H and O–H groups in total. The summed E-state index contributed by atoms with van der Waals surface area (Å²) in [6, 6.07) is 20.6. The number of benzene rings is 3. The Hall–Kier alpha value is -3.68. The predicted octanol–water partition coefficient (Wildman–Crippen LogP) is 6.80. The van der Waals surface area contributed by atoms with Gasteiger partial charge in [-0.2, -0.15) is 8.78 Å². The lowest BCUT2D eigenvalue weighted by atomic mass is 9.98. The summed E-state index contributed by atoms with van der Waals surface area (Å²) in [6.07, 6.45) is 1.79. The highest BCUT2D eigenvalue weighted by molar-refractivity contribution is 6.31. The number of Topliss-reactive ketones (excluding diaryl/α,β-unsaturated/α-hetero) is 1. The maximum atomic E-state index is 14.0. The molecule has 8 heteroatoms. The van der Waals surface area contributed by atoms with E-state index < -0.39 is 12.0 Å². The minimum atomic E-state index is -3.34. The number of ketones is 1. The summed E-state index contributed by atoms with van der Waals surface area (Å²) in [5.74, 6) is -2.76. The zero-order valence-corrected chi connectivity index (χ0v) is 21.8. The maximum Gasteiger partial charge on any atom is 0.298 e. The van der Waals surface area contributed by atoms with E-state index in [1.807, 2.05) is 55.5 Å². The van der Waals surface area contributed by atoms with E-state index in [1.54, 1.807) is 12.4 Å². The van der Waals surface area contributed by atoms with Gasteiger partial charge in [-0.1, -0.05) is 78.3 Å². The first-order chi connectivity index (χ1) is 18.1. The molecular formula is C30H28ClF2N3O2. The van der Waals surface area contributed by atoms with Gasteiger partial charge in [0.05, 0.1) is 6.04 Å². The monoisotopic (exact) mass is 535 g/mol. The molecule has 38 heavy (non-hydrogen) atoms. The molecule has 2 atom stereocenters. The second-order valence-electron chi connectivity index (χ2n) is 9.23. The van der Waals surface area contributed by atoms with E-state index in [-0.39, 0.29) is 30.2 Å². The topological polar surface area (TPSA) is 75.1 Å². The number of alkyl halides is 2. The minimum absolute atomic E-state index is 0.0387. The zero-order valence-electron chi connectivity index (χ0n) is 21.0. The SMILES string of the molecule is CC(O)C(F)(F)c1ccc(CC(=O)Cc2ccc(-c3nccnc3N[C@@H](C)c3ccccc3Cl)cc2)cc1. The van der Waals surface area contributed by atoms with Crippen LogP contribution in [-0.2, 0) is 23.6 Å². The van der Waals surface area contributed by atoms with E-state index in [0.29, 0.717) is 22.1 Å². The average molecular weight is 536 g/mol. The van der Waals surface area contributed by atoms with Crippen molar-refractivity contribution in [1.82, 2.24) is 9.97 Å². The maximum absolute atomic E-state index is 14.0. The molecule has 0 fully saturated rings. The number of carbonyl (C=O) groups excluding carboxylic acids is 1. The molecule has 0 bridgehead atoms. The van der Waals surface area contributed by atoms with Crippen LogP contribution in [0.25, 0.3) is 11.3 Å². The number of aliphatic hydroxyl groups is 1. The third kappa shape index (κ3) is 6.41. The van der Waals surface area contributed by atoms with E-state index in [4.69, 9.17) is 11.6 Å². The third-order valence-electron chi connectivity index (χ3n) is 6.32. The van der Waals surface area contributed by atoms with Gasteiger partial charge in [0, 0.05) is 41.4 Å². The molecular weight excluding hydrogens is 508 g/mol. The molecule has 196 valence electrons. The fraction of sp³-hybridized carbons (Fsp3) is 0.233. The van der Waals surface area contributed by atoms with Crippen molar-refractivity contribution in [3.05, 3.63) is 112 Å². The van der Waals surface area contributed by atoms with Crippen molar-refractivity contribution < 1.29 is 18.7 Å². The van der Waals surface area contributed by atoms with Crippen LogP contribution >= 0.6 is 11.6 Å². The normalized spacial score (nSPS) is 13.1. The summed E-state index contributed by atoms with van der Waals surface area (Å²) in [7, 11) is 0. The van der Waals surface area contributed by atoms with Crippen molar-refractivity contribution in [3.8, 4) is 11.3 Å². The molecule has 0 aliphatic rings. The van der Waals surface area contributed by atoms with E-state index in [0.717, 1.165) is 23.6 Å². The highest BCUT2D eigenvalue weighted by Crippen LogP contribution is 2.32. The molecule has 1 unspecified atom stereocenters. The lowest BCUT2D eigenvalue weighted by Gasteiger charge is -2.19. The van der Waals surface area contributed by atoms with Crippen molar-refractivity contribution in [2.45, 2.75) is 44.8 Å². The van der Waals surface area contributed by atoms with E-state index >= 15 is 0 Å². The Labute approximate surface area is 225 Å². The van der Waals surface area contributed by atoms with Crippen LogP contribution in [0.4, 0.5) is 14.6 Å². The van der Waals surface area contributed by atoms with Crippen LogP contribution in [0.15, 0.2) is 85.2 Å². The van der Waals surface area contributed by atoms with Gasteiger partial charge in [0.1, 0.15) is 17.6 Å². The number of halogens is 3. The van der Waals surface area contributed by atoms with Crippen molar-refractivity contribution in [2.24, 2.45) is 0 Å². The second kappa shape index (κ2) is 11.8. The molecule has 4 rings (SSSR count). The molecule has 0 radical (unpaired) electrons. The minimum Gasteiger partial charge on any atom is -0.387 e. The number of aromatic nitrogens is 2. The van der Waals surface area contributed by atoms with Crippen LogP contribution in [-0.4, -0.2) is 27.0 Å². The van der Waals surface area contributed by atoms with Gasteiger partial charge in [0.2, 0.25) is 0 Å². The van der Waals surface area contributed by atoms with E-state index in [9.17, 15) is 18.7 Å². The molecule has 1 aromatic heterocycles. The second-order valence-corrected chi connectivity index (χ2v) is 9.63. The molecule has 5 nitrogen and oxygen atoms in total. The molecule has 1 heterocycles. The first-order valence-electron chi connectivity index (χ1n) is 12.2. The zero-order chi connectivity index (χ0) is 27.3. The first kappa shape index (κ1) is 27.4. The summed E-state index contributed by atoms with van der Waals surface area (Å²) < 4.78 is 27.9. The fourth-order valence-corrected chi connectivity index (χ4v) is 4.45. The molecule has 0 amide bonds. The number of hydrogen-bond donors (Lipinski definition) is 2. The van der Waals surface area contributed by atoms with Crippen molar-refractivity contribution >= 4 is 23.2 Å². The Morgan fingerprint density at radius 2 is 1.50 bits per heavy atom. The standard InChI is InChI=1S/C30H28ClF2N3O2/c1-19(26-5-3-4-6-27(26)31)36-29-28(34-15-16-35-29)23-11-7-21(8-12-23)17-25(38)18-22-9-13-24(14-10-22)30(32,33)20(2)37/h3-16,19-20,37H,17-18H2,1-2H3,(H,35,36)/t19-,20?/m0/s1. The number of nitrogens with one attached hydrogen (secondary N) is 1. The van der Waals surface area contributed by atoms with Crippen LogP contribution in [0.2, 0.25) is 5.02 Å². The van der Waals surface area contributed by atoms with Crippen molar-refractivity contribution in [3.63, 3.8) is 0 Å². The Morgan fingerprint density at radius 3 is 2.11 bits per heavy atom. The number of hydrogen-bond acceptors (Lipinski definition) is 5. The molecule has 0 saturated carbocycles. The summed E-state index contributed by atoms with van der Waals surface area (Å²) in [5, 5.41) is 13.3. The smallest absolute Gasteiger partial charge is 0.298 e. The summed E-state index contributed by atoms with van der Waals surface area (Å²) in [6.45, 7) is 3.05. The molecule has 0 aliphatic heterocycles. The Bertz CT molecular complexity index is 1390. The molecule has 0 spiro atoms. The largest absolute Gasteiger partial charge is 0.387 e. The quantitative estimate of drug-likeness (QED) is 0.234. The lowest BCUT2D eigenvalue weighted by Crippen LogP contribution is -2.27. The number of carbonyl (C=O) groups is 1. The van der Waals surface area contributed by atoms with E-state index in [2.05, 4.69) is 15.3 Å². The Balaban J connectivity index is 1.41. The van der Waals surface area contributed by atoms with Gasteiger partial charge in [-0.25, -0.2) is 4.98 Å². The Kier molecular flexibility index (Phi) is 8.49. The highest BCUT2D eigenvalue weighted by atomic mass is 35.5. The summed E-state index contributed by atoms with van der Waals surface area (Å²) in [4.78, 5) is 21.6. The molecule has 3 aromatic carbocycles. The van der Waals surface area contributed by atoms with Gasteiger partial charge in [0.15, 0.2) is 5.82 Å². The summed E-state index contributed by atoms with van der Waals surface area (Å²) in [5.41, 5.74) is 3.67. The van der Waals surface area contributed by atoms with Crippen molar-refractivity contribution in [2.75, 3.05) is 5.32 Å². The van der Waals surface area contributed by atoms with Gasteiger partial charge >= 0.3 is 0 Å². The number of anilines is 1. The van der Waals surface area contributed by atoms with Crippen LogP contribution in [0, 0.1) is 0 Å². The van der Waals surface area contributed by atoms with Crippen LogP contribution in [0.5, 0.6) is 0 Å². The molecule has 4 aromatic rings. The van der Waals surface area contributed by atoms with Crippen molar-refractivity contribution in [1.29, 1.82) is 0 Å². The number of nitrogens with zero attached hydrogens (tertiary/aromatic N) is 2. The van der Waals surface area contributed by atoms with Gasteiger partial charge in [-0.15, -0.1) is 0 Å². The lowest BCUT2D eigenvalue weighted by molar-refractivity contribution is -0.117. The van der Waals surface area contributed by atoms with Crippen LogP contribution in [0.3, 0.4) is 0 Å². The fourth-order valence-electron chi connectivity index (χ4n) is 4.15. The van der Waals surface area contributed by atoms with E-state index in [1.165, 1.54) is 24.3 Å². The van der Waals surface area contributed by atoms with Crippen LogP contribution in [0.1, 0.15) is 42.1 Å². The predicted molar refractivity (Wildman–Crippen MR) is 145 cm³/mol. The van der Waals surface area contributed by atoms with Gasteiger partial charge in [0.25, 0.3) is 5.92 Å².